The predicted molar refractivity (Wildman–Crippen MR) is 107 cm³/mol. The predicted octanol–water partition coefficient (Wildman–Crippen LogP) is 3.69. The van der Waals surface area contributed by atoms with Gasteiger partial charge in [0.2, 0.25) is 5.88 Å². The Hall–Kier alpha value is -3.48. The van der Waals surface area contributed by atoms with Crippen molar-refractivity contribution in [2.45, 2.75) is 18.8 Å². The van der Waals surface area contributed by atoms with E-state index >= 15 is 0 Å². The van der Waals surface area contributed by atoms with Crippen molar-refractivity contribution in [2.75, 3.05) is 20.2 Å². The van der Waals surface area contributed by atoms with Crippen LogP contribution in [0.4, 0.5) is 0 Å². The topological polar surface area (TPSA) is 77.4 Å². The van der Waals surface area contributed by atoms with Crippen molar-refractivity contribution in [2.24, 2.45) is 0 Å². The summed E-state index contributed by atoms with van der Waals surface area (Å²) in [7, 11) is 1.61. The molecule has 4 rings (SSSR count). The number of carbonyl (C=O) groups is 1. The number of para-hydroxylation sites is 2. The molecule has 7 nitrogen and oxygen atoms in total. The minimum absolute atomic E-state index is 0.0336. The molecule has 2 aromatic heterocycles. The molecule has 1 aliphatic heterocycles. The molecule has 1 fully saturated rings. The molecule has 1 amide bonds. The first-order valence-corrected chi connectivity index (χ1v) is 9.58. The second-order valence-corrected chi connectivity index (χ2v) is 6.78. The van der Waals surface area contributed by atoms with Crippen molar-refractivity contribution in [1.29, 1.82) is 0 Å². The molecule has 7 heteroatoms. The van der Waals surface area contributed by atoms with Crippen LogP contribution in [0.25, 0.3) is 0 Å². The number of piperidine rings is 1. The number of aromatic nitrogens is 3. The molecule has 0 bridgehead atoms. The van der Waals surface area contributed by atoms with Gasteiger partial charge in [0.05, 0.1) is 7.11 Å². The largest absolute Gasteiger partial charge is 0.493 e. The molecule has 0 radical (unpaired) electrons. The van der Waals surface area contributed by atoms with E-state index in [1.165, 1.54) is 0 Å². The number of nitrogens with zero attached hydrogens (tertiary/aromatic N) is 4. The molecule has 0 atom stereocenters. The number of carbonyl (C=O) groups excluding carboxylic acids is 1. The average molecular weight is 390 g/mol. The van der Waals surface area contributed by atoms with Crippen LogP contribution < -0.4 is 9.47 Å². The van der Waals surface area contributed by atoms with Crippen LogP contribution in [-0.2, 0) is 0 Å². The Bertz CT molecular complexity index is 973. The van der Waals surface area contributed by atoms with Crippen molar-refractivity contribution >= 4 is 5.91 Å². The number of methoxy groups -OCH3 is 1. The summed E-state index contributed by atoms with van der Waals surface area (Å²) in [5.41, 5.74) is 1.29. The summed E-state index contributed by atoms with van der Waals surface area (Å²) in [6, 6.07) is 12.8. The molecule has 148 valence electrons. The van der Waals surface area contributed by atoms with E-state index in [1.54, 1.807) is 37.8 Å². The lowest BCUT2D eigenvalue weighted by atomic mass is 9.93. The maximum absolute atomic E-state index is 12.6. The normalized spacial score (nSPS) is 14.4. The van der Waals surface area contributed by atoms with Crippen molar-refractivity contribution < 1.29 is 14.3 Å². The highest BCUT2D eigenvalue weighted by Gasteiger charge is 2.28. The number of hydrogen-bond donors (Lipinski definition) is 0. The van der Waals surface area contributed by atoms with Crippen LogP contribution in [0.15, 0.2) is 61.1 Å². The Morgan fingerprint density at radius 1 is 0.931 bits per heavy atom. The second kappa shape index (κ2) is 8.68. The lowest BCUT2D eigenvalue weighted by Gasteiger charge is -2.31. The summed E-state index contributed by atoms with van der Waals surface area (Å²) in [4.78, 5) is 27.6. The Labute approximate surface area is 169 Å². The van der Waals surface area contributed by atoms with E-state index < -0.39 is 0 Å². The van der Waals surface area contributed by atoms with Gasteiger partial charge in [-0.1, -0.05) is 18.2 Å². The summed E-state index contributed by atoms with van der Waals surface area (Å²) in [5.74, 6) is 1.85. The van der Waals surface area contributed by atoms with Gasteiger partial charge in [-0.15, -0.1) is 0 Å². The van der Waals surface area contributed by atoms with Crippen LogP contribution in [0.3, 0.4) is 0 Å². The highest BCUT2D eigenvalue weighted by Crippen LogP contribution is 2.36. The number of likely N-dealkylation sites (tertiary alicyclic amines) is 1. The second-order valence-electron chi connectivity index (χ2n) is 6.78. The van der Waals surface area contributed by atoms with E-state index in [0.717, 1.165) is 18.5 Å². The molecule has 1 aliphatic rings. The van der Waals surface area contributed by atoms with Gasteiger partial charge < -0.3 is 14.4 Å². The van der Waals surface area contributed by atoms with E-state index in [-0.39, 0.29) is 11.8 Å². The molecule has 29 heavy (non-hydrogen) atoms. The fraction of sp³-hybridized carbons (Fsp3) is 0.273. The van der Waals surface area contributed by atoms with Gasteiger partial charge in [0.1, 0.15) is 11.4 Å². The summed E-state index contributed by atoms with van der Waals surface area (Å²) in [6.45, 7) is 1.29. The minimum Gasteiger partial charge on any atom is -0.493 e. The Morgan fingerprint density at radius 2 is 1.66 bits per heavy atom. The molecule has 1 aromatic carbocycles. The molecule has 0 N–H and O–H groups in total. The number of ether oxygens (including phenoxy) is 2. The van der Waals surface area contributed by atoms with Gasteiger partial charge in [-0.2, -0.15) is 0 Å². The van der Waals surface area contributed by atoms with Crippen LogP contribution in [0.5, 0.6) is 17.4 Å². The zero-order valence-electron chi connectivity index (χ0n) is 16.2. The monoisotopic (exact) mass is 390 g/mol. The number of rotatable bonds is 5. The molecule has 0 spiro atoms. The van der Waals surface area contributed by atoms with Crippen molar-refractivity contribution in [1.82, 2.24) is 19.9 Å². The van der Waals surface area contributed by atoms with Crippen LogP contribution in [0.2, 0.25) is 0 Å². The van der Waals surface area contributed by atoms with Crippen molar-refractivity contribution in [3.63, 3.8) is 0 Å². The first-order chi connectivity index (χ1) is 14.3. The summed E-state index contributed by atoms with van der Waals surface area (Å²) in [5, 5.41) is 0. The number of pyridine rings is 1. The van der Waals surface area contributed by atoms with E-state index in [2.05, 4.69) is 15.0 Å². The Balaban J connectivity index is 1.47. The smallest absolute Gasteiger partial charge is 0.272 e. The molecular weight excluding hydrogens is 368 g/mol. The Morgan fingerprint density at radius 3 is 2.38 bits per heavy atom. The standard InChI is InChI=1S/C22H22N4O3/c1-28-18-7-2-3-8-19(18)29-21-20(24-12-13-25-21)16-9-14-26(15-10-16)22(27)17-6-4-5-11-23-17/h2-8,11-13,16H,9-10,14-15H2,1H3. The quantitative estimate of drug-likeness (QED) is 0.661. The van der Waals surface area contributed by atoms with Crippen LogP contribution in [0.1, 0.15) is 34.9 Å². The third-order valence-electron chi connectivity index (χ3n) is 5.02. The van der Waals surface area contributed by atoms with Gasteiger partial charge in [-0.3, -0.25) is 14.8 Å². The average Bonchev–Trinajstić information content (AvgIpc) is 2.80. The number of amides is 1. The highest BCUT2D eigenvalue weighted by molar-refractivity contribution is 5.92. The molecular formula is C22H22N4O3. The SMILES string of the molecule is COc1ccccc1Oc1nccnc1C1CCN(C(=O)c2ccccn2)CC1. The van der Waals surface area contributed by atoms with Crippen molar-refractivity contribution in [3.8, 4) is 17.4 Å². The molecule has 1 saturated heterocycles. The minimum atomic E-state index is -0.0336. The molecule has 3 aromatic rings. The van der Waals surface area contributed by atoms with Gasteiger partial charge in [-0.25, -0.2) is 4.98 Å². The maximum atomic E-state index is 12.6. The number of benzene rings is 1. The first kappa shape index (κ1) is 18.9. The molecule has 0 unspecified atom stereocenters. The fourth-order valence-corrected chi connectivity index (χ4v) is 3.51. The third-order valence-corrected chi connectivity index (χ3v) is 5.02. The van der Waals surface area contributed by atoms with Crippen LogP contribution in [-0.4, -0.2) is 46.0 Å². The summed E-state index contributed by atoms with van der Waals surface area (Å²) in [6.07, 6.45) is 6.52. The highest BCUT2D eigenvalue weighted by atomic mass is 16.5. The zero-order chi connectivity index (χ0) is 20.1. The van der Waals surface area contributed by atoms with Gasteiger partial charge in [-0.05, 0) is 37.1 Å². The Kier molecular flexibility index (Phi) is 5.65. The maximum Gasteiger partial charge on any atom is 0.272 e. The molecule has 0 aliphatic carbocycles. The van der Waals surface area contributed by atoms with E-state index in [1.807, 2.05) is 35.2 Å². The van der Waals surface area contributed by atoms with Gasteiger partial charge in [0, 0.05) is 37.6 Å². The molecule has 0 saturated carbocycles. The van der Waals surface area contributed by atoms with E-state index in [4.69, 9.17) is 9.47 Å². The van der Waals surface area contributed by atoms with E-state index in [9.17, 15) is 4.79 Å². The van der Waals surface area contributed by atoms with Gasteiger partial charge in [0.15, 0.2) is 11.5 Å². The molecule has 3 heterocycles. The zero-order valence-corrected chi connectivity index (χ0v) is 16.2. The first-order valence-electron chi connectivity index (χ1n) is 9.58. The lowest BCUT2D eigenvalue weighted by molar-refractivity contribution is 0.0705. The number of hydrogen-bond acceptors (Lipinski definition) is 6. The van der Waals surface area contributed by atoms with Crippen LogP contribution in [0, 0.1) is 0 Å². The fourth-order valence-electron chi connectivity index (χ4n) is 3.51. The van der Waals surface area contributed by atoms with Gasteiger partial charge in [0.25, 0.3) is 5.91 Å². The lowest BCUT2D eigenvalue weighted by Crippen LogP contribution is -2.38. The third kappa shape index (κ3) is 4.18. The van der Waals surface area contributed by atoms with Crippen molar-refractivity contribution in [3.05, 3.63) is 72.4 Å². The van der Waals surface area contributed by atoms with Crippen LogP contribution >= 0.6 is 0 Å². The summed E-state index contributed by atoms with van der Waals surface area (Å²) < 4.78 is 11.4. The van der Waals surface area contributed by atoms with E-state index in [0.29, 0.717) is 36.2 Å². The summed E-state index contributed by atoms with van der Waals surface area (Å²) >= 11 is 0. The van der Waals surface area contributed by atoms with Gasteiger partial charge >= 0.3 is 0 Å².